The highest BCUT2D eigenvalue weighted by atomic mass is 16.5. The summed E-state index contributed by atoms with van der Waals surface area (Å²) >= 11 is 0. The smallest absolute Gasteiger partial charge is 0.257 e. The van der Waals surface area contributed by atoms with E-state index in [-0.39, 0.29) is 12.1 Å². The van der Waals surface area contributed by atoms with Crippen molar-refractivity contribution in [2.75, 3.05) is 19.0 Å². The number of ether oxygens (including phenoxy) is 2. The molecule has 0 saturated carbocycles. The number of nitrogens with zero attached hydrogens (tertiary/aromatic N) is 1. The van der Waals surface area contributed by atoms with E-state index < -0.39 is 0 Å². The molecular weight excluding hydrogens is 364 g/mol. The van der Waals surface area contributed by atoms with Gasteiger partial charge in [0, 0.05) is 12.2 Å². The minimum atomic E-state index is -0.264. The fourth-order valence-corrected chi connectivity index (χ4v) is 3.59. The summed E-state index contributed by atoms with van der Waals surface area (Å²) in [6, 6.07) is 23.4. The SMILES string of the molecule is CCN1C(=O)c2ccccc2NC1c1ccc(OCc2ccccc2)c(OC)c1. The van der Waals surface area contributed by atoms with Crippen LogP contribution in [0.4, 0.5) is 5.69 Å². The molecule has 0 fully saturated rings. The van der Waals surface area contributed by atoms with E-state index in [4.69, 9.17) is 9.47 Å². The van der Waals surface area contributed by atoms with Crippen LogP contribution < -0.4 is 14.8 Å². The van der Waals surface area contributed by atoms with Gasteiger partial charge in [-0.2, -0.15) is 0 Å². The van der Waals surface area contributed by atoms with Gasteiger partial charge in [0.15, 0.2) is 11.5 Å². The number of para-hydroxylation sites is 1. The summed E-state index contributed by atoms with van der Waals surface area (Å²) in [7, 11) is 1.63. The van der Waals surface area contributed by atoms with E-state index in [0.717, 1.165) is 16.8 Å². The van der Waals surface area contributed by atoms with Gasteiger partial charge in [-0.25, -0.2) is 0 Å². The second-order valence-corrected chi connectivity index (χ2v) is 6.87. The van der Waals surface area contributed by atoms with Crippen molar-refractivity contribution < 1.29 is 14.3 Å². The van der Waals surface area contributed by atoms with Crippen molar-refractivity contribution in [2.45, 2.75) is 19.7 Å². The second-order valence-electron chi connectivity index (χ2n) is 6.87. The predicted octanol–water partition coefficient (Wildman–Crippen LogP) is 4.86. The normalized spacial score (nSPS) is 15.4. The first kappa shape index (κ1) is 18.9. The Morgan fingerprint density at radius 2 is 1.72 bits per heavy atom. The van der Waals surface area contributed by atoms with Crippen LogP contribution in [-0.2, 0) is 6.61 Å². The zero-order chi connectivity index (χ0) is 20.2. The van der Waals surface area contributed by atoms with Gasteiger partial charge >= 0.3 is 0 Å². The van der Waals surface area contributed by atoms with Crippen molar-refractivity contribution in [3.63, 3.8) is 0 Å². The van der Waals surface area contributed by atoms with E-state index >= 15 is 0 Å². The second kappa shape index (κ2) is 8.27. The molecule has 29 heavy (non-hydrogen) atoms. The average Bonchev–Trinajstić information content (AvgIpc) is 2.78. The number of benzene rings is 3. The first-order valence-corrected chi connectivity index (χ1v) is 9.72. The monoisotopic (exact) mass is 388 g/mol. The summed E-state index contributed by atoms with van der Waals surface area (Å²) in [5.74, 6) is 1.34. The summed E-state index contributed by atoms with van der Waals surface area (Å²) in [4.78, 5) is 14.8. The molecule has 3 aromatic carbocycles. The molecule has 1 atom stereocenters. The van der Waals surface area contributed by atoms with Crippen LogP contribution in [0.25, 0.3) is 0 Å². The predicted molar refractivity (Wildman–Crippen MR) is 113 cm³/mol. The zero-order valence-electron chi connectivity index (χ0n) is 16.6. The van der Waals surface area contributed by atoms with Gasteiger partial charge < -0.3 is 19.7 Å². The van der Waals surface area contributed by atoms with Crippen LogP contribution in [0, 0.1) is 0 Å². The number of carbonyl (C=O) groups excluding carboxylic acids is 1. The lowest BCUT2D eigenvalue weighted by Crippen LogP contribution is -2.42. The number of hydrogen-bond donors (Lipinski definition) is 1. The molecule has 0 saturated heterocycles. The fraction of sp³-hybridized carbons (Fsp3) is 0.208. The zero-order valence-corrected chi connectivity index (χ0v) is 16.6. The number of amides is 1. The third-order valence-electron chi connectivity index (χ3n) is 5.10. The van der Waals surface area contributed by atoms with Crippen molar-refractivity contribution in [1.82, 2.24) is 4.90 Å². The Labute approximate surface area is 170 Å². The number of methoxy groups -OCH3 is 1. The van der Waals surface area contributed by atoms with Gasteiger partial charge in [0.1, 0.15) is 12.8 Å². The van der Waals surface area contributed by atoms with E-state index in [1.165, 1.54) is 0 Å². The Balaban J connectivity index is 1.60. The number of fused-ring (bicyclic) bond motifs is 1. The van der Waals surface area contributed by atoms with Crippen LogP contribution in [0.15, 0.2) is 72.8 Å². The summed E-state index contributed by atoms with van der Waals surface area (Å²) in [6.07, 6.45) is -0.264. The number of nitrogens with one attached hydrogen (secondary N) is 1. The molecule has 0 bridgehead atoms. The molecule has 4 rings (SSSR count). The van der Waals surface area contributed by atoms with E-state index in [1.807, 2.05) is 84.6 Å². The van der Waals surface area contributed by atoms with Gasteiger partial charge in [-0.05, 0) is 42.3 Å². The van der Waals surface area contributed by atoms with Gasteiger partial charge in [-0.15, -0.1) is 0 Å². The summed E-state index contributed by atoms with van der Waals surface area (Å²) in [6.45, 7) is 3.04. The van der Waals surface area contributed by atoms with Crippen molar-refractivity contribution in [3.8, 4) is 11.5 Å². The first-order chi connectivity index (χ1) is 14.2. The fourth-order valence-electron chi connectivity index (χ4n) is 3.59. The summed E-state index contributed by atoms with van der Waals surface area (Å²) < 4.78 is 11.5. The summed E-state index contributed by atoms with van der Waals surface area (Å²) in [5, 5.41) is 3.48. The number of hydrogen-bond acceptors (Lipinski definition) is 4. The molecule has 1 unspecified atom stereocenters. The molecule has 148 valence electrons. The van der Waals surface area contributed by atoms with Crippen molar-refractivity contribution in [1.29, 1.82) is 0 Å². The van der Waals surface area contributed by atoms with Gasteiger partial charge in [0.25, 0.3) is 5.91 Å². The molecular formula is C24H24N2O3. The standard InChI is InChI=1S/C24H24N2O3/c1-3-26-23(25-20-12-8-7-11-19(20)24(26)27)18-13-14-21(22(15-18)28-2)29-16-17-9-5-4-6-10-17/h4-15,23,25H,3,16H2,1-2H3. The van der Waals surface area contributed by atoms with Crippen LogP contribution in [0.2, 0.25) is 0 Å². The van der Waals surface area contributed by atoms with Crippen LogP contribution in [0.5, 0.6) is 11.5 Å². The lowest BCUT2D eigenvalue weighted by molar-refractivity contribution is 0.0694. The van der Waals surface area contributed by atoms with Crippen LogP contribution >= 0.6 is 0 Å². The molecule has 1 aliphatic rings. The quantitative estimate of drug-likeness (QED) is 0.655. The maximum atomic E-state index is 12.9. The molecule has 5 heteroatoms. The van der Waals surface area contributed by atoms with Gasteiger partial charge in [0.2, 0.25) is 0 Å². The van der Waals surface area contributed by atoms with Crippen molar-refractivity contribution in [3.05, 3.63) is 89.5 Å². The average molecular weight is 388 g/mol. The molecule has 3 aromatic rings. The van der Waals surface area contributed by atoms with Crippen LogP contribution in [0.3, 0.4) is 0 Å². The maximum absolute atomic E-state index is 12.9. The van der Waals surface area contributed by atoms with E-state index in [1.54, 1.807) is 7.11 Å². The van der Waals surface area contributed by atoms with Crippen molar-refractivity contribution in [2.24, 2.45) is 0 Å². The molecule has 1 aliphatic heterocycles. The molecule has 1 amide bonds. The molecule has 0 aliphatic carbocycles. The molecule has 0 radical (unpaired) electrons. The minimum absolute atomic E-state index is 0.0234. The van der Waals surface area contributed by atoms with Crippen LogP contribution in [-0.4, -0.2) is 24.5 Å². The third kappa shape index (κ3) is 3.76. The third-order valence-corrected chi connectivity index (χ3v) is 5.10. The Hall–Kier alpha value is -3.47. The largest absolute Gasteiger partial charge is 0.493 e. The van der Waals surface area contributed by atoms with Gasteiger partial charge in [0.05, 0.1) is 12.7 Å². The van der Waals surface area contributed by atoms with E-state index in [9.17, 15) is 4.79 Å². The summed E-state index contributed by atoms with van der Waals surface area (Å²) in [5.41, 5.74) is 3.57. The topological polar surface area (TPSA) is 50.8 Å². The Kier molecular flexibility index (Phi) is 5.38. The molecule has 0 aromatic heterocycles. The Bertz CT molecular complexity index is 1000. The highest BCUT2D eigenvalue weighted by Crippen LogP contribution is 2.36. The first-order valence-electron chi connectivity index (χ1n) is 9.72. The molecule has 0 spiro atoms. The lowest BCUT2D eigenvalue weighted by Gasteiger charge is -2.37. The molecule has 1 heterocycles. The number of anilines is 1. The van der Waals surface area contributed by atoms with Gasteiger partial charge in [-0.3, -0.25) is 4.79 Å². The maximum Gasteiger partial charge on any atom is 0.257 e. The van der Waals surface area contributed by atoms with Crippen LogP contribution in [0.1, 0.15) is 34.6 Å². The Morgan fingerprint density at radius 3 is 2.48 bits per heavy atom. The van der Waals surface area contributed by atoms with Gasteiger partial charge in [-0.1, -0.05) is 48.5 Å². The molecule has 5 nitrogen and oxygen atoms in total. The number of rotatable bonds is 6. The molecule has 1 N–H and O–H groups in total. The van der Waals surface area contributed by atoms with E-state index in [0.29, 0.717) is 30.2 Å². The highest BCUT2D eigenvalue weighted by Gasteiger charge is 2.32. The minimum Gasteiger partial charge on any atom is -0.493 e. The van der Waals surface area contributed by atoms with Crippen molar-refractivity contribution >= 4 is 11.6 Å². The lowest BCUT2D eigenvalue weighted by atomic mass is 10.0. The number of carbonyl (C=O) groups is 1. The van der Waals surface area contributed by atoms with E-state index in [2.05, 4.69) is 5.32 Å². The highest BCUT2D eigenvalue weighted by molar-refractivity contribution is 6.01. The Morgan fingerprint density at radius 1 is 0.966 bits per heavy atom.